The molecule has 16 nitrogen and oxygen atoms in total. The Labute approximate surface area is 830 Å². The van der Waals surface area contributed by atoms with E-state index in [2.05, 4.69) is 6.58 Å². The Hall–Kier alpha value is -18.7. The molecule has 16 heteroatoms. The highest BCUT2D eigenvalue weighted by molar-refractivity contribution is 6.15. The van der Waals surface area contributed by atoms with Crippen molar-refractivity contribution in [1.29, 1.82) is 0 Å². The first-order valence-electron chi connectivity index (χ1n) is 46.0. The van der Waals surface area contributed by atoms with Crippen LogP contribution >= 0.6 is 0 Å². The van der Waals surface area contributed by atoms with Gasteiger partial charge in [0.05, 0.1) is 14.2 Å². The van der Waals surface area contributed by atoms with E-state index in [9.17, 15) is 43.2 Å². The fraction of sp³-hybridized carbons (Fsp3) is 0.0630. The molecule has 143 heavy (non-hydrogen) atoms. The van der Waals surface area contributed by atoms with Crippen LogP contribution in [0.1, 0.15) is 179 Å². The average molecular weight is 1880 g/mol. The van der Waals surface area contributed by atoms with Crippen molar-refractivity contribution in [2.75, 3.05) is 14.2 Å². The van der Waals surface area contributed by atoms with E-state index < -0.39 is 0 Å². The zero-order valence-electron chi connectivity index (χ0n) is 79.8. The van der Waals surface area contributed by atoms with E-state index in [1.54, 1.807) is 293 Å². The Kier molecular flexibility index (Phi) is 32.4. The van der Waals surface area contributed by atoms with Crippen molar-refractivity contribution in [2.45, 2.75) is 41.5 Å². The number of ether oxygens (including phenoxy) is 7. The van der Waals surface area contributed by atoms with Crippen LogP contribution in [0.15, 0.2) is 443 Å². The molecule has 0 unspecified atom stereocenters. The van der Waals surface area contributed by atoms with Crippen molar-refractivity contribution >= 4 is 57.6 Å². The molecule has 0 aliphatic carbocycles. The fourth-order valence-corrected chi connectivity index (χ4v) is 14.9. The number of carbonyl (C=O) groups excluding carboxylic acids is 9. The molecule has 0 N–H and O–H groups in total. The maximum atomic E-state index is 13.0. The highest BCUT2D eigenvalue weighted by Gasteiger charge is 2.20. The Morgan fingerprint density at radius 2 is 0.266 bits per heavy atom. The second-order valence-corrected chi connectivity index (χ2v) is 33.8. The topological polar surface area (TPSA) is 218 Å². The Morgan fingerprint density at radius 1 is 0.154 bits per heavy atom. The van der Waals surface area contributed by atoms with Gasteiger partial charge in [0.1, 0.15) is 69.0 Å². The molecule has 0 amide bonds. The van der Waals surface area contributed by atoms with Gasteiger partial charge in [0.25, 0.3) is 0 Å². The lowest BCUT2D eigenvalue weighted by Gasteiger charge is -2.09. The molecule has 0 spiro atoms. The van der Waals surface area contributed by atoms with Crippen LogP contribution < -0.4 is 33.2 Å². The number of benzene rings is 18. The summed E-state index contributed by atoms with van der Waals surface area (Å²) in [5, 5.41) is 0. The Bertz CT molecular complexity index is 7540. The molecular weight excluding hydrogens is 1780 g/mol. The van der Waals surface area contributed by atoms with Crippen LogP contribution in [-0.4, -0.2) is 66.3 Å². The predicted octanol–water partition coefficient (Wildman–Crippen LogP) is 29.7. The molecule has 0 aliphatic heterocycles. The maximum Gasteiger partial charge on any atom is 0.193 e. The summed E-state index contributed by atoms with van der Waals surface area (Å²) in [6.45, 7) is 15.4. The smallest absolute Gasteiger partial charge is 0.193 e. The van der Waals surface area contributed by atoms with Gasteiger partial charge in [0.15, 0.2) is 52.0 Å². The summed E-state index contributed by atoms with van der Waals surface area (Å²) in [6.07, 6.45) is 0. The lowest BCUT2D eigenvalue weighted by molar-refractivity contribution is 0.101. The van der Waals surface area contributed by atoms with E-state index in [0.717, 1.165) is 62.0 Å². The van der Waals surface area contributed by atoms with Crippen molar-refractivity contribution < 1.29 is 76.3 Å². The van der Waals surface area contributed by atoms with Gasteiger partial charge < -0.3 is 33.2 Å². The third-order valence-corrected chi connectivity index (χ3v) is 23.3. The lowest BCUT2D eigenvalue weighted by atomic mass is 9.98. The van der Waals surface area contributed by atoms with Gasteiger partial charge in [-0.25, -0.2) is 0 Å². The first-order chi connectivity index (χ1) is 69.3. The van der Waals surface area contributed by atoms with Crippen molar-refractivity contribution in [3.63, 3.8) is 0 Å². The number of rotatable bonds is 31. The predicted molar refractivity (Wildman–Crippen MR) is 560 cm³/mol. The summed E-state index contributed by atoms with van der Waals surface area (Å²) in [5.41, 5.74) is 18.1. The molecule has 0 bridgehead atoms. The van der Waals surface area contributed by atoms with E-state index in [1.807, 2.05) is 192 Å². The van der Waals surface area contributed by atoms with Crippen LogP contribution in [0, 0.1) is 27.7 Å². The summed E-state index contributed by atoms with van der Waals surface area (Å²) >= 11 is 0. The van der Waals surface area contributed by atoms with Crippen molar-refractivity contribution in [2.24, 2.45) is 0 Å². The van der Waals surface area contributed by atoms with Gasteiger partial charge in [-0.15, -0.1) is 0 Å². The zero-order chi connectivity index (χ0) is 100. The van der Waals surface area contributed by atoms with Gasteiger partial charge in [-0.2, -0.15) is 0 Å². The normalized spacial score (nSPS) is 10.5. The molecule has 0 fully saturated rings. The minimum absolute atomic E-state index is 0.0152. The largest absolute Gasteiger partial charge is 0.497 e. The zero-order valence-corrected chi connectivity index (χ0v) is 79.8. The number of carbonyl (C=O) groups is 9. The van der Waals surface area contributed by atoms with E-state index in [0.29, 0.717) is 141 Å². The molecule has 0 aliphatic rings. The van der Waals surface area contributed by atoms with Crippen LogP contribution in [0.4, 0.5) is 0 Å². The molecule has 18 rings (SSSR count). The highest BCUT2D eigenvalue weighted by atomic mass is 16.5. The summed E-state index contributed by atoms with van der Waals surface area (Å²) in [5.74, 6) is 7.30. The van der Waals surface area contributed by atoms with Crippen molar-refractivity contribution in [1.82, 2.24) is 0 Å². The number of methoxy groups -OCH3 is 2. The number of aryl methyl sites for hydroxylation is 4. The first kappa shape index (κ1) is 98.8. The van der Waals surface area contributed by atoms with E-state index in [4.69, 9.17) is 33.2 Å². The SMILES string of the molecule is C=C(C)c1ccc(C(=O)c2ccc(Oc3ccc(C(=O)c4ccc(Oc5ccc(C)cc5)cc4)cc3)cc2)cc1.CC(=O)c1ccc(C(=O)c2ccc(-c3ccc(Oc4ccc(C)cc4)cc3)cc2)cc1.COc1ccc(C(=O)c2ccc(C(=O)c3ccc(Oc4ccc(C)cc4)cc3)cc2)cc1.COc1ccc(C(=O)c2ccc(Oc3ccc(C(=O)c4ccc(C(=O)c5ccc(C)cc5)cc4)cc3)cc2)cc1. The van der Waals surface area contributed by atoms with Crippen LogP contribution in [0.5, 0.6) is 69.0 Å². The average Bonchev–Trinajstić information content (AvgIpc) is 0.835. The van der Waals surface area contributed by atoms with Crippen LogP contribution in [0.25, 0.3) is 16.7 Å². The van der Waals surface area contributed by atoms with Crippen LogP contribution in [-0.2, 0) is 0 Å². The standard InChI is InChI=1S/C36H28O4.C35H26O5.C28H22O4.C28H22O3/c1-24(2)26-6-8-27(9-7-26)35(37)28-10-20-33(21-11-28)40-34-22-14-30(15-23-34)36(38)29-12-18-32(19-13-29)39-31-16-4-25(3)5-17-31;1-23-3-5-24(6-4-23)33(36)25-7-9-26(10-8-25)34(37)28-13-19-31(20-14-28)40-32-21-15-29(16-22-32)35(38)27-11-17-30(39-2)18-12-27;1-19-3-13-25(14-4-19)32-26-17-11-23(12-18-26)28(30)21-7-5-20(6-8-21)27(29)22-9-15-24(31-2)16-10-22;1-19-3-15-26(16-4-19)31-27-17-13-23(14-18-27)22-7-11-25(12-8-22)28(30)24-9-5-21(6-10-24)20(2)29/h4-23H,1H2,2-3H3;3-22H,1-2H3;3-18H,1-2H3;3-18H,1-2H3. The highest BCUT2D eigenvalue weighted by Crippen LogP contribution is 2.33. The summed E-state index contributed by atoms with van der Waals surface area (Å²) in [4.78, 5) is 114. The van der Waals surface area contributed by atoms with Gasteiger partial charge in [-0.3, -0.25) is 43.2 Å². The molecular formula is C127H98O16. The Morgan fingerprint density at radius 3 is 0.427 bits per heavy atom. The third kappa shape index (κ3) is 26.6. The molecule has 0 heterocycles. The minimum Gasteiger partial charge on any atom is -0.497 e. The molecule has 0 atom stereocenters. The monoisotopic (exact) mass is 1880 g/mol. The molecule has 702 valence electrons. The molecule has 18 aromatic rings. The third-order valence-electron chi connectivity index (χ3n) is 23.3. The summed E-state index contributed by atoms with van der Waals surface area (Å²) in [7, 11) is 3.16. The summed E-state index contributed by atoms with van der Waals surface area (Å²) in [6, 6.07) is 130. The number of hydrogen-bond acceptors (Lipinski definition) is 16. The number of allylic oxidation sites excluding steroid dienone is 1. The number of Topliss-reactive ketones (excluding diaryl/α,β-unsaturated/α-hetero) is 1. The van der Waals surface area contributed by atoms with Crippen LogP contribution in [0.2, 0.25) is 0 Å². The van der Waals surface area contributed by atoms with Crippen LogP contribution in [0.3, 0.4) is 0 Å². The van der Waals surface area contributed by atoms with E-state index >= 15 is 0 Å². The van der Waals surface area contributed by atoms with Gasteiger partial charge in [0.2, 0.25) is 0 Å². The van der Waals surface area contributed by atoms with Gasteiger partial charge in [0, 0.05) is 94.6 Å². The minimum atomic E-state index is -0.151. The molecule has 18 aromatic carbocycles. The second kappa shape index (κ2) is 46.9. The van der Waals surface area contributed by atoms with E-state index in [-0.39, 0.29) is 52.0 Å². The molecule has 0 saturated carbocycles. The molecule has 0 aromatic heterocycles. The van der Waals surface area contributed by atoms with E-state index in [1.165, 1.54) is 12.5 Å². The maximum absolute atomic E-state index is 13.0. The molecule has 0 radical (unpaired) electrons. The van der Waals surface area contributed by atoms with Gasteiger partial charge >= 0.3 is 0 Å². The van der Waals surface area contributed by atoms with Gasteiger partial charge in [-0.05, 0) is 301 Å². The van der Waals surface area contributed by atoms with Crippen molar-refractivity contribution in [3.8, 4) is 80.1 Å². The fourth-order valence-electron chi connectivity index (χ4n) is 14.9. The number of hydrogen-bond donors (Lipinski definition) is 0. The second-order valence-electron chi connectivity index (χ2n) is 33.8. The lowest BCUT2D eigenvalue weighted by Crippen LogP contribution is -2.04. The summed E-state index contributed by atoms with van der Waals surface area (Å²) < 4.78 is 39.6. The quantitative estimate of drug-likeness (QED) is 0.0369. The van der Waals surface area contributed by atoms with Crippen molar-refractivity contribution in [3.05, 3.63) is 566 Å². The molecule has 0 saturated heterocycles. The number of ketones is 9. The Balaban J connectivity index is 0.000000145. The first-order valence-corrected chi connectivity index (χ1v) is 46.0. The van der Waals surface area contributed by atoms with Gasteiger partial charge in [-0.1, -0.05) is 229 Å².